The Kier molecular flexibility index (Phi) is 4.83. The first-order chi connectivity index (χ1) is 8.76. The topological polar surface area (TPSA) is 56.9 Å². The van der Waals surface area contributed by atoms with Crippen LogP contribution in [0.5, 0.6) is 0 Å². The Bertz CT molecular complexity index is 291. The van der Waals surface area contributed by atoms with E-state index in [4.69, 9.17) is 5.84 Å². The lowest BCUT2D eigenvalue weighted by Gasteiger charge is -2.43. The molecule has 2 rings (SSSR count). The standard InChI is InChI=1S/C13H27N5/c1-3-4-7-15-13(16-14)18-10-12-6-5-8-17(12)9-11(18)2/h11-12H,3-10,14H2,1-2H3,(H,15,16). The molecule has 0 aromatic carbocycles. The van der Waals surface area contributed by atoms with Gasteiger partial charge in [-0.05, 0) is 32.7 Å². The smallest absolute Gasteiger partial charge is 0.208 e. The van der Waals surface area contributed by atoms with Crippen LogP contribution in [0.15, 0.2) is 4.99 Å². The zero-order valence-electron chi connectivity index (χ0n) is 11.7. The quantitative estimate of drug-likeness (QED) is 0.256. The molecule has 2 aliphatic heterocycles. The Morgan fingerprint density at radius 1 is 1.44 bits per heavy atom. The molecule has 0 radical (unpaired) electrons. The van der Waals surface area contributed by atoms with Crippen molar-refractivity contribution in [3.8, 4) is 0 Å². The predicted octanol–water partition coefficient (Wildman–Crippen LogP) is 0.774. The van der Waals surface area contributed by atoms with Crippen LogP contribution in [0.25, 0.3) is 0 Å². The van der Waals surface area contributed by atoms with Crippen LogP contribution in [-0.2, 0) is 0 Å². The van der Waals surface area contributed by atoms with Crippen molar-refractivity contribution >= 4 is 5.96 Å². The molecule has 0 bridgehead atoms. The van der Waals surface area contributed by atoms with Crippen LogP contribution in [0.1, 0.15) is 39.5 Å². The summed E-state index contributed by atoms with van der Waals surface area (Å²) in [7, 11) is 0. The summed E-state index contributed by atoms with van der Waals surface area (Å²) in [6, 6.07) is 1.20. The van der Waals surface area contributed by atoms with Gasteiger partial charge in [-0.3, -0.25) is 15.3 Å². The van der Waals surface area contributed by atoms with Crippen molar-refractivity contribution in [2.24, 2.45) is 10.8 Å². The van der Waals surface area contributed by atoms with Gasteiger partial charge in [0.05, 0.1) is 0 Å². The lowest BCUT2D eigenvalue weighted by molar-refractivity contribution is 0.106. The van der Waals surface area contributed by atoms with Crippen LogP contribution in [0.4, 0.5) is 0 Å². The molecule has 2 aliphatic rings. The first-order valence-electron chi connectivity index (χ1n) is 7.28. The maximum Gasteiger partial charge on any atom is 0.208 e. The fourth-order valence-corrected chi connectivity index (χ4v) is 3.04. The summed E-state index contributed by atoms with van der Waals surface area (Å²) < 4.78 is 0. The number of hydrogen-bond donors (Lipinski definition) is 2. The summed E-state index contributed by atoms with van der Waals surface area (Å²) in [4.78, 5) is 9.57. The predicted molar refractivity (Wildman–Crippen MR) is 75.3 cm³/mol. The molecule has 2 fully saturated rings. The largest absolute Gasteiger partial charge is 0.336 e. The third kappa shape index (κ3) is 2.95. The van der Waals surface area contributed by atoms with Crippen LogP contribution in [0.3, 0.4) is 0 Å². The molecular formula is C13H27N5. The SMILES string of the molecule is CCCCN=C(NN)N1CC2CCCN2CC1C. The number of piperazine rings is 1. The number of nitrogens with two attached hydrogens (primary N) is 1. The minimum atomic E-state index is 0.496. The number of nitrogens with zero attached hydrogens (tertiary/aromatic N) is 3. The molecular weight excluding hydrogens is 226 g/mol. The van der Waals surface area contributed by atoms with E-state index < -0.39 is 0 Å². The van der Waals surface area contributed by atoms with Crippen LogP contribution >= 0.6 is 0 Å². The van der Waals surface area contributed by atoms with E-state index in [2.05, 4.69) is 34.1 Å². The third-order valence-corrected chi connectivity index (χ3v) is 4.11. The van der Waals surface area contributed by atoms with Gasteiger partial charge in [0, 0.05) is 31.7 Å². The van der Waals surface area contributed by atoms with Crippen LogP contribution < -0.4 is 11.3 Å². The molecule has 0 aromatic heterocycles. The molecule has 0 saturated carbocycles. The molecule has 3 N–H and O–H groups in total. The molecule has 0 aromatic rings. The molecule has 5 nitrogen and oxygen atoms in total. The van der Waals surface area contributed by atoms with Crippen molar-refractivity contribution in [3.63, 3.8) is 0 Å². The number of aliphatic imine (C=N–C) groups is 1. The number of nitrogens with one attached hydrogen (secondary N) is 1. The van der Waals surface area contributed by atoms with E-state index in [0.717, 1.165) is 32.0 Å². The van der Waals surface area contributed by atoms with Gasteiger partial charge in [0.2, 0.25) is 5.96 Å². The molecule has 0 aliphatic carbocycles. The molecule has 5 heteroatoms. The highest BCUT2D eigenvalue weighted by Gasteiger charge is 2.35. The second kappa shape index (κ2) is 6.38. The first-order valence-corrected chi connectivity index (χ1v) is 7.28. The van der Waals surface area contributed by atoms with E-state index in [9.17, 15) is 0 Å². The third-order valence-electron chi connectivity index (χ3n) is 4.11. The zero-order chi connectivity index (χ0) is 13.0. The van der Waals surface area contributed by atoms with Gasteiger partial charge in [-0.15, -0.1) is 0 Å². The first kappa shape index (κ1) is 13.6. The molecule has 0 spiro atoms. The molecule has 104 valence electrons. The van der Waals surface area contributed by atoms with E-state index in [1.807, 2.05) is 0 Å². The van der Waals surface area contributed by atoms with E-state index in [-0.39, 0.29) is 0 Å². The average Bonchev–Trinajstić information content (AvgIpc) is 2.81. The molecule has 2 heterocycles. The maximum absolute atomic E-state index is 5.65. The van der Waals surface area contributed by atoms with E-state index >= 15 is 0 Å². The minimum absolute atomic E-state index is 0.496. The summed E-state index contributed by atoms with van der Waals surface area (Å²) in [6.07, 6.45) is 4.95. The van der Waals surface area contributed by atoms with Crippen molar-refractivity contribution in [2.75, 3.05) is 26.2 Å². The lowest BCUT2D eigenvalue weighted by atomic mass is 10.1. The second-order valence-corrected chi connectivity index (χ2v) is 5.50. The fraction of sp³-hybridized carbons (Fsp3) is 0.923. The molecule has 2 saturated heterocycles. The summed E-state index contributed by atoms with van der Waals surface area (Å²) >= 11 is 0. The molecule has 0 amide bonds. The van der Waals surface area contributed by atoms with Crippen molar-refractivity contribution < 1.29 is 0 Å². The van der Waals surface area contributed by atoms with Crippen molar-refractivity contribution in [2.45, 2.75) is 51.6 Å². The van der Waals surface area contributed by atoms with Crippen molar-refractivity contribution in [1.29, 1.82) is 0 Å². The van der Waals surface area contributed by atoms with E-state index in [0.29, 0.717) is 12.1 Å². The summed E-state index contributed by atoms with van der Waals surface area (Å²) in [5.74, 6) is 6.53. The Hall–Kier alpha value is -0.810. The van der Waals surface area contributed by atoms with Crippen LogP contribution in [-0.4, -0.2) is 54.0 Å². The minimum Gasteiger partial charge on any atom is -0.336 e. The summed E-state index contributed by atoms with van der Waals surface area (Å²) in [5, 5.41) is 0. The monoisotopic (exact) mass is 253 g/mol. The number of guanidine groups is 1. The Morgan fingerprint density at radius 2 is 2.28 bits per heavy atom. The number of unbranched alkanes of at least 4 members (excludes halogenated alkanes) is 1. The van der Waals surface area contributed by atoms with Gasteiger partial charge < -0.3 is 4.90 Å². The van der Waals surface area contributed by atoms with E-state index in [1.54, 1.807) is 0 Å². The van der Waals surface area contributed by atoms with Crippen LogP contribution in [0, 0.1) is 0 Å². The average molecular weight is 253 g/mol. The van der Waals surface area contributed by atoms with Gasteiger partial charge in [-0.25, -0.2) is 5.84 Å². The number of hydrazine groups is 1. The number of hydrogen-bond acceptors (Lipinski definition) is 3. The van der Waals surface area contributed by atoms with Gasteiger partial charge in [-0.2, -0.15) is 0 Å². The number of fused-ring (bicyclic) bond motifs is 1. The van der Waals surface area contributed by atoms with Crippen LogP contribution in [0.2, 0.25) is 0 Å². The Morgan fingerprint density at radius 3 is 3.00 bits per heavy atom. The molecule has 2 atom stereocenters. The maximum atomic E-state index is 5.65. The second-order valence-electron chi connectivity index (χ2n) is 5.50. The summed E-state index contributed by atoms with van der Waals surface area (Å²) in [5.41, 5.74) is 2.80. The normalized spacial score (nSPS) is 29.5. The Balaban J connectivity index is 1.98. The summed E-state index contributed by atoms with van der Waals surface area (Å²) in [6.45, 7) is 8.79. The van der Waals surface area contributed by atoms with Gasteiger partial charge in [0.1, 0.15) is 0 Å². The fourth-order valence-electron chi connectivity index (χ4n) is 3.04. The number of rotatable bonds is 3. The van der Waals surface area contributed by atoms with Gasteiger partial charge in [0.15, 0.2) is 0 Å². The van der Waals surface area contributed by atoms with E-state index in [1.165, 1.54) is 25.8 Å². The zero-order valence-corrected chi connectivity index (χ0v) is 11.7. The lowest BCUT2D eigenvalue weighted by Crippen LogP contribution is -2.60. The molecule has 18 heavy (non-hydrogen) atoms. The highest BCUT2D eigenvalue weighted by molar-refractivity contribution is 5.79. The Labute approximate surface area is 110 Å². The molecule has 2 unspecified atom stereocenters. The highest BCUT2D eigenvalue weighted by Crippen LogP contribution is 2.24. The van der Waals surface area contributed by atoms with Gasteiger partial charge >= 0.3 is 0 Å². The highest BCUT2D eigenvalue weighted by atomic mass is 15.4. The van der Waals surface area contributed by atoms with Crippen molar-refractivity contribution in [1.82, 2.24) is 15.2 Å². The van der Waals surface area contributed by atoms with Gasteiger partial charge in [-0.1, -0.05) is 13.3 Å². The van der Waals surface area contributed by atoms with Gasteiger partial charge in [0.25, 0.3) is 0 Å². The van der Waals surface area contributed by atoms with Crippen molar-refractivity contribution in [3.05, 3.63) is 0 Å².